The van der Waals surface area contributed by atoms with E-state index in [2.05, 4.69) is 39.9 Å². The second kappa shape index (κ2) is 5.95. The first-order valence-corrected chi connectivity index (χ1v) is 7.36. The predicted octanol–water partition coefficient (Wildman–Crippen LogP) is 3.67. The van der Waals surface area contributed by atoms with E-state index in [0.29, 0.717) is 6.04 Å². The molecule has 94 valence electrons. The summed E-state index contributed by atoms with van der Waals surface area (Å²) in [5.41, 5.74) is 0.223. The monoisotopic (exact) mass is 242 g/mol. The zero-order chi connectivity index (χ0) is 12.2. The molecule has 0 radical (unpaired) electrons. The molecule has 1 aliphatic rings. The normalized spacial score (nSPS) is 23.8. The minimum absolute atomic E-state index is 0.223. The van der Waals surface area contributed by atoms with E-state index in [4.69, 9.17) is 4.99 Å². The molecule has 0 aromatic heterocycles. The molecule has 0 amide bonds. The highest BCUT2D eigenvalue weighted by atomic mass is 32.2. The minimum Gasteiger partial charge on any atom is -0.359 e. The van der Waals surface area contributed by atoms with Crippen LogP contribution in [0.15, 0.2) is 4.99 Å². The second-order valence-electron chi connectivity index (χ2n) is 5.91. The maximum Gasteiger partial charge on any atom is 0.157 e. The van der Waals surface area contributed by atoms with Gasteiger partial charge in [-0.05, 0) is 33.1 Å². The third kappa shape index (κ3) is 5.24. The average Bonchev–Trinajstić information content (AvgIpc) is 2.44. The van der Waals surface area contributed by atoms with Crippen molar-refractivity contribution in [3.63, 3.8) is 0 Å². The maximum absolute atomic E-state index is 4.74. The molecule has 0 bridgehead atoms. The van der Waals surface area contributed by atoms with Gasteiger partial charge in [0.2, 0.25) is 0 Å². The average molecular weight is 242 g/mol. The summed E-state index contributed by atoms with van der Waals surface area (Å²) in [7, 11) is 0. The van der Waals surface area contributed by atoms with E-state index in [-0.39, 0.29) is 5.54 Å². The van der Waals surface area contributed by atoms with E-state index in [9.17, 15) is 0 Å². The number of amidine groups is 1. The first kappa shape index (κ1) is 13.9. The summed E-state index contributed by atoms with van der Waals surface area (Å²) in [6, 6.07) is 0.461. The van der Waals surface area contributed by atoms with Crippen LogP contribution in [0.5, 0.6) is 0 Å². The van der Waals surface area contributed by atoms with Crippen molar-refractivity contribution < 1.29 is 0 Å². The van der Waals surface area contributed by atoms with Gasteiger partial charge in [-0.15, -0.1) is 0 Å². The van der Waals surface area contributed by atoms with Crippen molar-refractivity contribution in [2.45, 2.75) is 65.5 Å². The number of hydrogen-bond acceptors (Lipinski definition) is 2. The molecule has 16 heavy (non-hydrogen) atoms. The van der Waals surface area contributed by atoms with E-state index >= 15 is 0 Å². The lowest BCUT2D eigenvalue weighted by atomic mass is 10.0. The topological polar surface area (TPSA) is 24.4 Å². The first-order chi connectivity index (χ1) is 7.39. The highest BCUT2D eigenvalue weighted by molar-refractivity contribution is 8.14. The smallest absolute Gasteiger partial charge is 0.157 e. The zero-order valence-corrected chi connectivity index (χ0v) is 12.2. The van der Waals surface area contributed by atoms with E-state index in [1.165, 1.54) is 19.3 Å². The molecule has 1 N–H and O–H groups in total. The number of nitrogens with one attached hydrogen (secondary N) is 1. The van der Waals surface area contributed by atoms with Crippen molar-refractivity contribution in [1.29, 1.82) is 0 Å². The number of aliphatic imine (C=N–C) groups is 1. The maximum atomic E-state index is 4.74. The van der Waals surface area contributed by atoms with Crippen molar-refractivity contribution in [2.24, 2.45) is 10.9 Å². The van der Waals surface area contributed by atoms with Crippen LogP contribution >= 0.6 is 11.8 Å². The zero-order valence-electron chi connectivity index (χ0n) is 11.3. The van der Waals surface area contributed by atoms with E-state index < -0.39 is 0 Å². The Kier molecular flexibility index (Phi) is 5.16. The van der Waals surface area contributed by atoms with Crippen LogP contribution in [0.25, 0.3) is 0 Å². The van der Waals surface area contributed by atoms with Crippen LogP contribution in [0, 0.1) is 5.92 Å². The molecule has 0 aromatic rings. The van der Waals surface area contributed by atoms with Gasteiger partial charge in [-0.2, -0.15) is 0 Å². The van der Waals surface area contributed by atoms with Crippen LogP contribution in [-0.4, -0.2) is 22.5 Å². The molecule has 2 nitrogen and oxygen atoms in total. The summed E-state index contributed by atoms with van der Waals surface area (Å²) in [4.78, 5) is 4.74. The van der Waals surface area contributed by atoms with Gasteiger partial charge < -0.3 is 5.32 Å². The summed E-state index contributed by atoms with van der Waals surface area (Å²) >= 11 is 1.86. The summed E-state index contributed by atoms with van der Waals surface area (Å²) in [5, 5.41) is 4.61. The van der Waals surface area contributed by atoms with Crippen molar-refractivity contribution in [3.8, 4) is 0 Å². The van der Waals surface area contributed by atoms with Gasteiger partial charge in [0, 0.05) is 17.3 Å². The van der Waals surface area contributed by atoms with Gasteiger partial charge >= 0.3 is 0 Å². The molecule has 1 unspecified atom stereocenters. The van der Waals surface area contributed by atoms with Crippen molar-refractivity contribution >= 4 is 16.9 Å². The molecule has 3 heteroatoms. The van der Waals surface area contributed by atoms with Crippen molar-refractivity contribution in [2.75, 3.05) is 5.75 Å². The molecule has 1 saturated heterocycles. The number of rotatable bonds is 5. The molecular weight excluding hydrogens is 216 g/mol. The fourth-order valence-electron chi connectivity index (χ4n) is 1.77. The fourth-order valence-corrected chi connectivity index (χ4v) is 2.94. The van der Waals surface area contributed by atoms with Gasteiger partial charge in [-0.1, -0.05) is 38.5 Å². The number of nitrogens with zero attached hydrogens (tertiary/aromatic N) is 1. The molecule has 1 atom stereocenters. The Morgan fingerprint density at radius 2 is 2.00 bits per heavy atom. The molecule has 1 heterocycles. The molecule has 0 aromatic carbocycles. The Morgan fingerprint density at radius 1 is 1.31 bits per heavy atom. The molecule has 1 rings (SSSR count). The lowest BCUT2D eigenvalue weighted by molar-refractivity contribution is 0.507. The Labute approximate surface area is 105 Å². The van der Waals surface area contributed by atoms with Crippen LogP contribution in [-0.2, 0) is 0 Å². The Hall–Kier alpha value is -0.180. The molecule has 1 fully saturated rings. The Bertz CT molecular complexity index is 246. The van der Waals surface area contributed by atoms with E-state index in [0.717, 1.165) is 16.8 Å². The lowest BCUT2D eigenvalue weighted by Gasteiger charge is -2.16. The third-order valence-electron chi connectivity index (χ3n) is 2.76. The van der Waals surface area contributed by atoms with Gasteiger partial charge in [0.15, 0.2) is 5.17 Å². The van der Waals surface area contributed by atoms with Crippen LogP contribution in [0.2, 0.25) is 0 Å². The van der Waals surface area contributed by atoms with Gasteiger partial charge in [0.1, 0.15) is 0 Å². The lowest BCUT2D eigenvalue weighted by Crippen LogP contribution is -2.37. The van der Waals surface area contributed by atoms with Crippen molar-refractivity contribution in [1.82, 2.24) is 5.32 Å². The standard InChI is InChI=1S/C13H26N2S/c1-10(2)7-6-8-11(3)14-12-15-13(4,5)9-16-12/h10-11H,6-9H2,1-5H3,(H,14,15). The summed E-state index contributed by atoms with van der Waals surface area (Å²) in [6.45, 7) is 11.2. The summed E-state index contributed by atoms with van der Waals surface area (Å²) in [5.74, 6) is 1.95. The molecular formula is C13H26N2S. The summed E-state index contributed by atoms with van der Waals surface area (Å²) in [6.07, 6.45) is 3.83. The van der Waals surface area contributed by atoms with Crippen LogP contribution in [0.1, 0.15) is 53.9 Å². The van der Waals surface area contributed by atoms with E-state index in [1.807, 2.05) is 11.8 Å². The largest absolute Gasteiger partial charge is 0.359 e. The Morgan fingerprint density at radius 3 is 2.50 bits per heavy atom. The second-order valence-corrected chi connectivity index (χ2v) is 6.87. The molecule has 0 saturated carbocycles. The van der Waals surface area contributed by atoms with Crippen LogP contribution in [0.4, 0.5) is 0 Å². The fraction of sp³-hybridized carbons (Fsp3) is 0.923. The van der Waals surface area contributed by atoms with Gasteiger partial charge in [0.05, 0.1) is 0 Å². The Balaban J connectivity index is 2.28. The minimum atomic E-state index is 0.223. The van der Waals surface area contributed by atoms with Crippen molar-refractivity contribution in [3.05, 3.63) is 0 Å². The summed E-state index contributed by atoms with van der Waals surface area (Å²) < 4.78 is 0. The number of thioether (sulfide) groups is 1. The predicted molar refractivity (Wildman–Crippen MR) is 75.3 cm³/mol. The molecule has 0 spiro atoms. The van der Waals surface area contributed by atoms with Gasteiger partial charge in [-0.3, -0.25) is 4.99 Å². The van der Waals surface area contributed by atoms with E-state index in [1.54, 1.807) is 0 Å². The quantitative estimate of drug-likeness (QED) is 0.795. The highest BCUT2D eigenvalue weighted by Gasteiger charge is 2.27. The first-order valence-electron chi connectivity index (χ1n) is 6.38. The van der Waals surface area contributed by atoms with Gasteiger partial charge in [0.25, 0.3) is 0 Å². The van der Waals surface area contributed by atoms with Gasteiger partial charge in [-0.25, -0.2) is 0 Å². The SMILES string of the molecule is CC(C)CCCC(C)N=C1NC(C)(C)CS1. The number of hydrogen-bond donors (Lipinski definition) is 1. The highest BCUT2D eigenvalue weighted by Crippen LogP contribution is 2.23. The van der Waals surface area contributed by atoms with Crippen LogP contribution < -0.4 is 5.32 Å². The van der Waals surface area contributed by atoms with Crippen LogP contribution in [0.3, 0.4) is 0 Å². The molecule has 0 aliphatic carbocycles. The third-order valence-corrected chi connectivity index (χ3v) is 4.10. The molecule has 1 aliphatic heterocycles.